The maximum atomic E-state index is 14.2. The zero-order valence-corrected chi connectivity index (χ0v) is 19.3. The number of allylic oxidation sites excluding steroid dienone is 1. The Morgan fingerprint density at radius 1 is 1.14 bits per heavy atom. The molecule has 0 aliphatic rings. The molecule has 2 aromatic heterocycles. The van der Waals surface area contributed by atoms with Crippen LogP contribution in [0.4, 0.5) is 17.6 Å². The average Bonchev–Trinajstić information content (AvgIpc) is 2.85. The molecule has 37 heavy (non-hydrogen) atoms. The summed E-state index contributed by atoms with van der Waals surface area (Å²) in [5, 5.41) is 10.4. The van der Waals surface area contributed by atoms with Crippen LogP contribution in [0.1, 0.15) is 11.3 Å². The largest absolute Gasteiger partial charge is 0.498 e. The second-order valence-corrected chi connectivity index (χ2v) is 8.10. The molecule has 4 rings (SSSR count). The Bertz CT molecular complexity index is 1670. The molecule has 0 aliphatic carbocycles. The Kier molecular flexibility index (Phi) is 6.64. The molecule has 4 aromatic rings. The maximum absolute atomic E-state index is 14.2. The zero-order valence-electron chi connectivity index (χ0n) is 19.3. The number of benzene rings is 2. The molecule has 2 heterocycles. The number of fused-ring (bicyclic) bond motifs is 1. The van der Waals surface area contributed by atoms with Gasteiger partial charge >= 0.3 is 12.1 Å². The summed E-state index contributed by atoms with van der Waals surface area (Å²) < 4.78 is 54.7. The quantitative estimate of drug-likeness (QED) is 0.224. The summed E-state index contributed by atoms with van der Waals surface area (Å²) in [5.41, 5.74) is 1.05. The minimum absolute atomic E-state index is 0.0208. The van der Waals surface area contributed by atoms with Gasteiger partial charge in [0.05, 0.1) is 5.56 Å². The van der Waals surface area contributed by atoms with Crippen LogP contribution in [-0.2, 0) is 11.3 Å². The molecule has 0 fully saturated rings. The van der Waals surface area contributed by atoms with Crippen molar-refractivity contribution in [2.45, 2.75) is 19.6 Å². The van der Waals surface area contributed by atoms with Crippen molar-refractivity contribution in [3.05, 3.63) is 101 Å². The molecule has 0 saturated carbocycles. The fraction of sp³-hybridized carbons (Fsp3) is 0.111. The third kappa shape index (κ3) is 4.84. The van der Waals surface area contributed by atoms with Crippen molar-refractivity contribution in [3.63, 3.8) is 0 Å². The van der Waals surface area contributed by atoms with Gasteiger partial charge in [-0.3, -0.25) is 9.36 Å². The van der Waals surface area contributed by atoms with Gasteiger partial charge in [0, 0.05) is 34.4 Å². The fourth-order valence-corrected chi connectivity index (χ4v) is 3.99. The summed E-state index contributed by atoms with van der Waals surface area (Å²) >= 11 is 0. The Balaban J connectivity index is 2.06. The summed E-state index contributed by atoms with van der Waals surface area (Å²) in [5.74, 6) is -2.98. The number of hydrogen-bond donors (Lipinski definition) is 0. The van der Waals surface area contributed by atoms with Crippen LogP contribution >= 0.6 is 0 Å². The van der Waals surface area contributed by atoms with Crippen LogP contribution in [0.3, 0.4) is 0 Å². The molecule has 10 heteroatoms. The molecule has 0 N–H and O–H groups in total. The second-order valence-electron chi connectivity index (χ2n) is 8.10. The molecule has 0 spiro atoms. The summed E-state index contributed by atoms with van der Waals surface area (Å²) in [7, 11) is 0. The number of pyridine rings is 2. The molecule has 6 nitrogen and oxygen atoms in total. The van der Waals surface area contributed by atoms with E-state index >= 15 is 0 Å². The smallest absolute Gasteiger partial charge is 0.295 e. The Labute approximate surface area is 207 Å². The molecule has 186 valence electrons. The van der Waals surface area contributed by atoms with Gasteiger partial charge in [0.2, 0.25) is 6.20 Å². The van der Waals surface area contributed by atoms with Crippen LogP contribution in [0.25, 0.3) is 33.2 Å². The van der Waals surface area contributed by atoms with Crippen LogP contribution in [-0.4, -0.2) is 16.7 Å². The van der Waals surface area contributed by atoms with Gasteiger partial charge in [-0.1, -0.05) is 18.2 Å². The van der Waals surface area contributed by atoms with Crippen molar-refractivity contribution in [3.8, 4) is 28.5 Å². The normalized spacial score (nSPS) is 11.2. The Hall–Kier alpha value is -4.78. The third-order valence-corrected chi connectivity index (χ3v) is 5.59. The highest BCUT2D eigenvalue weighted by molar-refractivity contribution is 6.00. The van der Waals surface area contributed by atoms with E-state index in [0.717, 1.165) is 6.20 Å². The van der Waals surface area contributed by atoms with Gasteiger partial charge in [-0.05, 0) is 53.8 Å². The number of aryl methyl sites for hydroxylation is 1. The van der Waals surface area contributed by atoms with Gasteiger partial charge in [0.15, 0.2) is 0 Å². The topological polar surface area (TPSA) is 76.0 Å². The van der Waals surface area contributed by atoms with E-state index in [2.05, 4.69) is 11.4 Å². The number of halogens is 4. The summed E-state index contributed by atoms with van der Waals surface area (Å²) in [6.07, 6.45) is -2.61. The van der Waals surface area contributed by atoms with E-state index in [0.29, 0.717) is 15.9 Å². The highest BCUT2D eigenvalue weighted by Gasteiger charge is 2.45. The minimum atomic E-state index is -5.22. The number of carbonyl (C=O) groups is 1. The number of aromatic nitrogens is 2. The molecule has 0 unspecified atom stereocenters. The SMILES string of the molecule is C=CCn1c(C#N)c(-c2cccc(F)c2)c2cc(-c3cc(C)cc[n+]3OC(=O)C(F)(F)F)ccc2c1=O. The molecular formula is C27H18F4N3O3+. The fourth-order valence-electron chi connectivity index (χ4n) is 3.99. The van der Waals surface area contributed by atoms with Crippen molar-refractivity contribution in [2.24, 2.45) is 0 Å². The van der Waals surface area contributed by atoms with E-state index in [1.54, 1.807) is 13.0 Å². The summed E-state index contributed by atoms with van der Waals surface area (Å²) in [6.45, 7) is 5.34. The molecule has 0 saturated heterocycles. The van der Waals surface area contributed by atoms with Crippen LogP contribution in [0.5, 0.6) is 0 Å². The standard InChI is InChI=1S/C27H18F4N3O3/c1-3-10-33-23(15-32)24(18-5-4-6-19(28)13-18)21-14-17(7-8-20(21)25(33)35)22-12-16(2)9-11-34(22)37-26(36)27(29,30)31/h3-9,11-14H,1,10H2,2H3/q+1. The average molecular weight is 508 g/mol. The van der Waals surface area contributed by atoms with Gasteiger partial charge in [-0.25, -0.2) is 9.18 Å². The molecule has 2 aromatic carbocycles. The molecule has 0 amide bonds. The zero-order chi connectivity index (χ0) is 26.9. The van der Waals surface area contributed by atoms with Crippen molar-refractivity contribution in [1.29, 1.82) is 5.26 Å². The Morgan fingerprint density at radius 3 is 2.54 bits per heavy atom. The number of nitriles is 1. The van der Waals surface area contributed by atoms with Crippen LogP contribution in [0.2, 0.25) is 0 Å². The van der Waals surface area contributed by atoms with Gasteiger partial charge < -0.3 is 0 Å². The number of alkyl halides is 3. The maximum Gasteiger partial charge on any atom is 0.498 e. The molecular weight excluding hydrogens is 490 g/mol. The predicted molar refractivity (Wildman–Crippen MR) is 127 cm³/mol. The van der Waals surface area contributed by atoms with E-state index in [1.807, 2.05) is 6.07 Å². The van der Waals surface area contributed by atoms with E-state index in [1.165, 1.54) is 59.2 Å². The van der Waals surface area contributed by atoms with Crippen molar-refractivity contribution >= 4 is 16.7 Å². The number of hydrogen-bond acceptors (Lipinski definition) is 4. The minimum Gasteiger partial charge on any atom is -0.295 e. The van der Waals surface area contributed by atoms with Crippen LogP contribution < -0.4 is 15.1 Å². The monoisotopic (exact) mass is 508 g/mol. The lowest BCUT2D eigenvalue weighted by atomic mass is 9.94. The Morgan fingerprint density at radius 2 is 1.89 bits per heavy atom. The molecule has 0 aliphatic heterocycles. The molecule has 0 bridgehead atoms. The second kappa shape index (κ2) is 9.70. The highest BCUT2D eigenvalue weighted by Crippen LogP contribution is 2.33. The first-order valence-electron chi connectivity index (χ1n) is 10.8. The highest BCUT2D eigenvalue weighted by atomic mass is 19.4. The summed E-state index contributed by atoms with van der Waals surface area (Å²) in [6, 6.07) is 14.9. The first-order chi connectivity index (χ1) is 17.5. The lowest BCUT2D eigenvalue weighted by Gasteiger charge is -2.15. The van der Waals surface area contributed by atoms with Crippen LogP contribution in [0.15, 0.2) is 78.2 Å². The number of carbonyl (C=O) groups excluding carboxylic acids is 1. The van der Waals surface area contributed by atoms with Gasteiger partial charge in [-0.15, -0.1) is 6.58 Å². The van der Waals surface area contributed by atoms with E-state index in [4.69, 9.17) is 0 Å². The van der Waals surface area contributed by atoms with Crippen molar-refractivity contribution in [1.82, 2.24) is 4.57 Å². The first-order valence-corrected chi connectivity index (χ1v) is 10.8. The third-order valence-electron chi connectivity index (χ3n) is 5.59. The predicted octanol–water partition coefficient (Wildman–Crippen LogP) is 4.65. The van der Waals surface area contributed by atoms with Crippen LogP contribution in [0, 0.1) is 24.1 Å². The molecule has 0 atom stereocenters. The van der Waals surface area contributed by atoms with E-state index in [9.17, 15) is 32.4 Å². The van der Waals surface area contributed by atoms with E-state index in [-0.39, 0.29) is 39.8 Å². The van der Waals surface area contributed by atoms with Gasteiger partial charge in [-0.2, -0.15) is 23.3 Å². The van der Waals surface area contributed by atoms with Gasteiger partial charge in [0.1, 0.15) is 17.6 Å². The van der Waals surface area contributed by atoms with E-state index < -0.39 is 23.5 Å². The number of nitrogens with zero attached hydrogens (tertiary/aromatic N) is 3. The van der Waals surface area contributed by atoms with Gasteiger partial charge in [0.25, 0.3) is 11.3 Å². The lowest BCUT2D eigenvalue weighted by molar-refractivity contribution is -0.862. The summed E-state index contributed by atoms with van der Waals surface area (Å²) in [4.78, 5) is 29.3. The van der Waals surface area contributed by atoms with Crippen molar-refractivity contribution in [2.75, 3.05) is 0 Å². The lowest BCUT2D eigenvalue weighted by Crippen LogP contribution is -2.51. The molecule has 0 radical (unpaired) electrons. The van der Waals surface area contributed by atoms with Crippen molar-refractivity contribution < 1.29 is 31.9 Å². The first kappa shape index (κ1) is 25.3. The number of rotatable bonds is 5.